The van der Waals surface area contributed by atoms with E-state index < -0.39 is 6.10 Å². The summed E-state index contributed by atoms with van der Waals surface area (Å²) < 4.78 is 0. The number of benzene rings is 2. The molecule has 3 nitrogen and oxygen atoms in total. The summed E-state index contributed by atoms with van der Waals surface area (Å²) >= 11 is 0. The Morgan fingerprint density at radius 3 is 2.13 bits per heavy atom. The van der Waals surface area contributed by atoms with Crippen LogP contribution in [0.15, 0.2) is 60.7 Å². The molecule has 2 atom stereocenters. The van der Waals surface area contributed by atoms with E-state index in [1.807, 2.05) is 79.5 Å². The van der Waals surface area contributed by atoms with Crippen molar-refractivity contribution in [2.75, 3.05) is 13.6 Å². The number of hydrogen-bond acceptors (Lipinski definition) is 3. The third-order valence-electron chi connectivity index (χ3n) is 4.08. The maximum Gasteiger partial charge on any atom is 0.164 e. The van der Waals surface area contributed by atoms with Crippen LogP contribution in [0.4, 0.5) is 0 Å². The Morgan fingerprint density at radius 2 is 1.57 bits per heavy atom. The van der Waals surface area contributed by atoms with Crippen LogP contribution in [-0.4, -0.2) is 35.4 Å². The number of rotatable bonds is 7. The molecule has 124 valence electrons. The van der Waals surface area contributed by atoms with Crippen molar-refractivity contribution < 1.29 is 9.90 Å². The Labute approximate surface area is 144 Å². The number of aliphatic hydroxyl groups excluding tert-OH is 1. The highest BCUT2D eigenvalue weighted by atomic mass is 35.5. The smallest absolute Gasteiger partial charge is 0.164 e. The largest absolute Gasteiger partial charge is 0.387 e. The van der Waals surface area contributed by atoms with Crippen molar-refractivity contribution >= 4 is 18.2 Å². The Morgan fingerprint density at radius 1 is 1.04 bits per heavy atom. The predicted molar refractivity (Wildman–Crippen MR) is 96.1 cm³/mol. The maximum absolute atomic E-state index is 12.1. The number of likely N-dealkylation sites (N-methyl/N-ethyl adjacent to an activating group) is 1. The van der Waals surface area contributed by atoms with Gasteiger partial charge in [0.15, 0.2) is 5.78 Å². The molecule has 2 unspecified atom stereocenters. The predicted octanol–water partition coefficient (Wildman–Crippen LogP) is 3.74. The van der Waals surface area contributed by atoms with Crippen LogP contribution in [0.1, 0.15) is 35.4 Å². The summed E-state index contributed by atoms with van der Waals surface area (Å²) in [4.78, 5) is 14.1. The Balaban J connectivity index is 0.00000264. The summed E-state index contributed by atoms with van der Waals surface area (Å²) in [5.41, 5.74) is 1.64. The fourth-order valence-electron chi connectivity index (χ4n) is 2.42. The summed E-state index contributed by atoms with van der Waals surface area (Å²) in [5.74, 6) is 0.133. The molecule has 0 bridgehead atoms. The molecule has 0 aliphatic heterocycles. The third-order valence-corrected chi connectivity index (χ3v) is 4.08. The van der Waals surface area contributed by atoms with Crippen molar-refractivity contribution in [3.8, 4) is 0 Å². The van der Waals surface area contributed by atoms with E-state index in [2.05, 4.69) is 0 Å². The summed E-state index contributed by atoms with van der Waals surface area (Å²) in [7, 11) is 1.94. The number of ketones is 1. The van der Waals surface area contributed by atoms with Crippen molar-refractivity contribution in [1.82, 2.24) is 4.90 Å². The fraction of sp³-hybridized carbons (Fsp3) is 0.316. The van der Waals surface area contributed by atoms with Gasteiger partial charge in [0.1, 0.15) is 0 Å². The van der Waals surface area contributed by atoms with Gasteiger partial charge in [-0.2, -0.15) is 0 Å². The fourth-order valence-corrected chi connectivity index (χ4v) is 2.42. The molecule has 0 spiro atoms. The highest BCUT2D eigenvalue weighted by Crippen LogP contribution is 2.20. The molecule has 0 radical (unpaired) electrons. The van der Waals surface area contributed by atoms with E-state index in [-0.39, 0.29) is 24.2 Å². The number of Topliss-reactive ketones (excluding diaryl/α,β-unsaturated/α-hetero) is 1. The van der Waals surface area contributed by atoms with E-state index in [0.29, 0.717) is 13.0 Å². The molecule has 2 rings (SSSR count). The van der Waals surface area contributed by atoms with Gasteiger partial charge in [-0.3, -0.25) is 4.79 Å². The zero-order chi connectivity index (χ0) is 15.9. The molecule has 23 heavy (non-hydrogen) atoms. The second kappa shape index (κ2) is 9.46. The van der Waals surface area contributed by atoms with Gasteiger partial charge >= 0.3 is 0 Å². The number of carbonyl (C=O) groups is 1. The lowest BCUT2D eigenvalue weighted by atomic mass is 10.0. The second-order valence-corrected chi connectivity index (χ2v) is 5.62. The third kappa shape index (κ3) is 5.47. The van der Waals surface area contributed by atoms with Crippen molar-refractivity contribution in [3.05, 3.63) is 71.8 Å². The van der Waals surface area contributed by atoms with Crippen LogP contribution in [0.25, 0.3) is 0 Å². The van der Waals surface area contributed by atoms with Gasteiger partial charge in [0.25, 0.3) is 0 Å². The van der Waals surface area contributed by atoms with E-state index in [1.54, 1.807) is 0 Å². The minimum Gasteiger partial charge on any atom is -0.387 e. The Bertz CT molecular complexity index is 589. The SMILES string of the molecule is CC(C(O)c1ccccc1)N(C)CCC(=O)c1ccccc1.Cl. The lowest BCUT2D eigenvalue weighted by Crippen LogP contribution is -2.35. The summed E-state index contributed by atoms with van der Waals surface area (Å²) in [6, 6.07) is 18.9. The average molecular weight is 334 g/mol. The normalized spacial score (nSPS) is 13.2. The molecule has 0 aromatic heterocycles. The summed E-state index contributed by atoms with van der Waals surface area (Å²) in [5, 5.41) is 10.4. The van der Waals surface area contributed by atoms with Gasteiger partial charge < -0.3 is 10.0 Å². The summed E-state index contributed by atoms with van der Waals surface area (Å²) in [6.45, 7) is 2.60. The van der Waals surface area contributed by atoms with E-state index in [1.165, 1.54) is 0 Å². The van der Waals surface area contributed by atoms with Gasteiger partial charge in [-0.05, 0) is 19.5 Å². The average Bonchev–Trinajstić information content (AvgIpc) is 2.59. The molecule has 2 aromatic rings. The minimum absolute atomic E-state index is 0. The molecule has 0 aliphatic rings. The van der Waals surface area contributed by atoms with E-state index in [4.69, 9.17) is 0 Å². The first-order chi connectivity index (χ1) is 10.6. The molecule has 0 aliphatic carbocycles. The lowest BCUT2D eigenvalue weighted by molar-refractivity contribution is 0.0688. The van der Waals surface area contributed by atoms with Crippen molar-refractivity contribution in [1.29, 1.82) is 0 Å². The first kappa shape index (κ1) is 19.4. The lowest BCUT2D eigenvalue weighted by Gasteiger charge is -2.29. The molecular weight excluding hydrogens is 310 g/mol. The van der Waals surface area contributed by atoms with Gasteiger partial charge in [-0.15, -0.1) is 12.4 Å². The van der Waals surface area contributed by atoms with Gasteiger partial charge in [-0.1, -0.05) is 60.7 Å². The molecule has 0 amide bonds. The van der Waals surface area contributed by atoms with Gasteiger partial charge in [0.05, 0.1) is 6.10 Å². The number of halogens is 1. The van der Waals surface area contributed by atoms with Gasteiger partial charge in [-0.25, -0.2) is 0 Å². The Kier molecular flexibility index (Phi) is 7.96. The monoisotopic (exact) mass is 333 g/mol. The van der Waals surface area contributed by atoms with Crippen LogP contribution >= 0.6 is 12.4 Å². The van der Waals surface area contributed by atoms with Crippen LogP contribution in [0, 0.1) is 0 Å². The number of carbonyl (C=O) groups excluding carboxylic acids is 1. The standard InChI is InChI=1S/C19H23NO2.ClH/c1-15(19(22)17-11-7-4-8-12-17)20(2)14-13-18(21)16-9-5-3-6-10-16;/h3-12,15,19,22H,13-14H2,1-2H3;1H. The summed E-state index contributed by atoms with van der Waals surface area (Å²) in [6.07, 6.45) is -0.107. The second-order valence-electron chi connectivity index (χ2n) is 5.62. The first-order valence-electron chi connectivity index (χ1n) is 7.61. The van der Waals surface area contributed by atoms with Crippen molar-refractivity contribution in [3.63, 3.8) is 0 Å². The van der Waals surface area contributed by atoms with Crippen LogP contribution in [0.5, 0.6) is 0 Å². The zero-order valence-corrected chi connectivity index (χ0v) is 14.4. The van der Waals surface area contributed by atoms with E-state index in [9.17, 15) is 9.90 Å². The number of hydrogen-bond donors (Lipinski definition) is 1. The van der Waals surface area contributed by atoms with Crippen LogP contribution in [0.3, 0.4) is 0 Å². The van der Waals surface area contributed by atoms with Crippen LogP contribution in [0.2, 0.25) is 0 Å². The molecule has 4 heteroatoms. The van der Waals surface area contributed by atoms with Gasteiger partial charge in [0.2, 0.25) is 0 Å². The maximum atomic E-state index is 12.1. The van der Waals surface area contributed by atoms with Crippen molar-refractivity contribution in [2.24, 2.45) is 0 Å². The van der Waals surface area contributed by atoms with Crippen LogP contribution < -0.4 is 0 Å². The highest BCUT2D eigenvalue weighted by molar-refractivity contribution is 5.96. The molecule has 0 heterocycles. The van der Waals surface area contributed by atoms with E-state index in [0.717, 1.165) is 11.1 Å². The molecule has 0 fully saturated rings. The molecule has 1 N–H and O–H groups in total. The molecule has 0 saturated heterocycles. The molecular formula is C19H24ClNO2. The zero-order valence-electron chi connectivity index (χ0n) is 13.6. The number of aliphatic hydroxyl groups is 1. The van der Waals surface area contributed by atoms with Crippen LogP contribution in [-0.2, 0) is 0 Å². The first-order valence-corrected chi connectivity index (χ1v) is 7.61. The molecule has 0 saturated carbocycles. The number of nitrogens with zero attached hydrogens (tertiary/aromatic N) is 1. The van der Waals surface area contributed by atoms with Gasteiger partial charge in [0, 0.05) is 24.6 Å². The quantitative estimate of drug-likeness (QED) is 0.785. The minimum atomic E-state index is -0.557. The van der Waals surface area contributed by atoms with Crippen molar-refractivity contribution in [2.45, 2.75) is 25.5 Å². The van der Waals surface area contributed by atoms with E-state index >= 15 is 0 Å². The highest BCUT2D eigenvalue weighted by Gasteiger charge is 2.20. The molecule has 2 aromatic carbocycles. The Hall–Kier alpha value is -1.68. The topological polar surface area (TPSA) is 40.5 Å².